The number of nitriles is 1. The third-order valence-corrected chi connectivity index (χ3v) is 5.76. The molecule has 0 saturated carbocycles. The van der Waals surface area contributed by atoms with Crippen LogP contribution in [-0.2, 0) is 20.9 Å². The summed E-state index contributed by atoms with van der Waals surface area (Å²) in [5.41, 5.74) is 1.71. The first-order chi connectivity index (χ1) is 14.7. The summed E-state index contributed by atoms with van der Waals surface area (Å²) in [5, 5.41) is 13.2. The molecule has 1 atom stereocenters. The average molecular weight is 406 g/mol. The largest absolute Gasteiger partial charge is 0.376 e. The van der Waals surface area contributed by atoms with Crippen molar-refractivity contribution in [1.29, 1.82) is 5.26 Å². The Kier molecular flexibility index (Phi) is 6.15. The number of nitrogens with zero attached hydrogens (tertiary/aromatic N) is 3. The summed E-state index contributed by atoms with van der Waals surface area (Å²) < 4.78 is 7.42. The molecule has 2 fully saturated rings. The Morgan fingerprint density at radius 1 is 1.23 bits per heavy atom. The second-order valence-corrected chi connectivity index (χ2v) is 7.83. The maximum atomic E-state index is 12.6. The molecule has 0 radical (unpaired) electrons. The van der Waals surface area contributed by atoms with E-state index in [0.29, 0.717) is 6.54 Å². The molecule has 0 bridgehead atoms. The standard InChI is InChI=1S/C23H26N4O3/c24-13-17(23(29)25-14-19-6-5-11-30-19)12-18-15-27(21-8-2-1-7-20(18)21)16-22(28)26-9-3-4-10-26/h1-2,7-8,12,15,19H,3-6,9-11,14,16H2,(H,25,29)/b17-12+/t19-/m1/s1. The summed E-state index contributed by atoms with van der Waals surface area (Å²) in [4.78, 5) is 27.0. The fourth-order valence-electron chi connectivity index (χ4n) is 4.14. The van der Waals surface area contributed by atoms with Crippen LogP contribution in [0.3, 0.4) is 0 Å². The average Bonchev–Trinajstić information content (AvgIpc) is 3.52. The lowest BCUT2D eigenvalue weighted by molar-refractivity contribution is -0.130. The molecular formula is C23H26N4O3. The molecule has 2 aliphatic heterocycles. The minimum Gasteiger partial charge on any atom is -0.376 e. The number of rotatable bonds is 6. The Balaban J connectivity index is 1.55. The summed E-state index contributed by atoms with van der Waals surface area (Å²) in [5.74, 6) is -0.309. The third kappa shape index (κ3) is 4.39. The molecule has 3 heterocycles. The van der Waals surface area contributed by atoms with Crippen molar-refractivity contribution < 1.29 is 14.3 Å². The Hall–Kier alpha value is -3.11. The van der Waals surface area contributed by atoms with Crippen molar-refractivity contribution in [3.05, 3.63) is 41.6 Å². The van der Waals surface area contributed by atoms with Gasteiger partial charge in [-0.3, -0.25) is 9.59 Å². The Morgan fingerprint density at radius 3 is 2.77 bits per heavy atom. The molecule has 0 aliphatic carbocycles. The zero-order valence-corrected chi connectivity index (χ0v) is 17.0. The molecule has 4 rings (SSSR count). The highest BCUT2D eigenvalue weighted by Crippen LogP contribution is 2.24. The molecule has 1 N–H and O–H groups in total. The van der Waals surface area contributed by atoms with Crippen molar-refractivity contribution in [2.75, 3.05) is 26.2 Å². The van der Waals surface area contributed by atoms with Gasteiger partial charge < -0.3 is 19.5 Å². The van der Waals surface area contributed by atoms with Gasteiger partial charge in [0.1, 0.15) is 18.2 Å². The van der Waals surface area contributed by atoms with Crippen LogP contribution in [0.15, 0.2) is 36.0 Å². The number of nitrogens with one attached hydrogen (secondary N) is 1. The highest BCUT2D eigenvalue weighted by atomic mass is 16.5. The van der Waals surface area contributed by atoms with E-state index in [4.69, 9.17) is 4.74 Å². The number of hydrogen-bond donors (Lipinski definition) is 1. The van der Waals surface area contributed by atoms with Gasteiger partial charge in [-0.05, 0) is 37.8 Å². The van der Waals surface area contributed by atoms with E-state index >= 15 is 0 Å². The van der Waals surface area contributed by atoms with Gasteiger partial charge in [0.25, 0.3) is 5.91 Å². The number of amides is 2. The van der Waals surface area contributed by atoms with Crippen molar-refractivity contribution in [2.45, 2.75) is 38.3 Å². The molecule has 1 aromatic carbocycles. The van der Waals surface area contributed by atoms with Gasteiger partial charge >= 0.3 is 0 Å². The first-order valence-electron chi connectivity index (χ1n) is 10.5. The lowest BCUT2D eigenvalue weighted by Crippen LogP contribution is -2.32. The first kappa shape index (κ1) is 20.2. The second kappa shape index (κ2) is 9.14. The minimum atomic E-state index is -0.405. The van der Waals surface area contributed by atoms with Crippen LogP contribution < -0.4 is 5.32 Å². The molecule has 2 saturated heterocycles. The molecular weight excluding hydrogens is 380 g/mol. The van der Waals surface area contributed by atoms with Crippen molar-refractivity contribution in [3.8, 4) is 6.07 Å². The van der Waals surface area contributed by atoms with Crippen LogP contribution in [0, 0.1) is 11.3 Å². The number of fused-ring (bicyclic) bond motifs is 1. The number of hydrogen-bond acceptors (Lipinski definition) is 4. The Morgan fingerprint density at radius 2 is 2.03 bits per heavy atom. The summed E-state index contributed by atoms with van der Waals surface area (Å²) in [6.45, 7) is 3.01. The molecule has 1 aromatic heterocycles. The molecule has 156 valence electrons. The van der Waals surface area contributed by atoms with E-state index in [9.17, 15) is 14.9 Å². The third-order valence-electron chi connectivity index (χ3n) is 5.76. The highest BCUT2D eigenvalue weighted by molar-refractivity contribution is 6.04. The quantitative estimate of drug-likeness (QED) is 0.590. The van der Waals surface area contributed by atoms with Gasteiger partial charge in [-0.15, -0.1) is 0 Å². The van der Waals surface area contributed by atoms with Crippen molar-refractivity contribution in [3.63, 3.8) is 0 Å². The lowest BCUT2D eigenvalue weighted by Gasteiger charge is -2.15. The van der Waals surface area contributed by atoms with E-state index in [0.717, 1.165) is 61.8 Å². The van der Waals surface area contributed by atoms with E-state index in [1.165, 1.54) is 0 Å². The molecule has 2 amide bonds. The van der Waals surface area contributed by atoms with Crippen molar-refractivity contribution in [1.82, 2.24) is 14.8 Å². The van der Waals surface area contributed by atoms with Gasteiger partial charge in [-0.1, -0.05) is 18.2 Å². The van der Waals surface area contributed by atoms with Crippen LogP contribution >= 0.6 is 0 Å². The predicted octanol–water partition coefficient (Wildman–Crippen LogP) is 2.47. The van der Waals surface area contributed by atoms with Gasteiger partial charge in [-0.2, -0.15) is 5.26 Å². The maximum Gasteiger partial charge on any atom is 0.262 e. The SMILES string of the molecule is N#C/C(=C\c1cn(CC(=O)N2CCCC2)c2ccccc12)C(=O)NC[C@H]1CCCO1. The lowest BCUT2D eigenvalue weighted by atomic mass is 10.1. The van der Waals surface area contributed by atoms with E-state index in [-0.39, 0.29) is 24.1 Å². The minimum absolute atomic E-state index is 0.0207. The number of carbonyl (C=O) groups is 2. The molecule has 0 spiro atoms. The normalized spacial score (nSPS) is 19.2. The number of ether oxygens (including phenoxy) is 1. The smallest absolute Gasteiger partial charge is 0.262 e. The summed E-state index contributed by atoms with van der Waals surface area (Å²) in [6.07, 6.45) is 7.50. The maximum absolute atomic E-state index is 12.6. The van der Waals surface area contributed by atoms with Crippen LogP contribution in [-0.4, -0.2) is 53.6 Å². The molecule has 0 unspecified atom stereocenters. The van der Waals surface area contributed by atoms with E-state index < -0.39 is 5.91 Å². The molecule has 7 nitrogen and oxygen atoms in total. The van der Waals surface area contributed by atoms with Crippen LogP contribution in [0.25, 0.3) is 17.0 Å². The van der Waals surface area contributed by atoms with Crippen molar-refractivity contribution in [2.24, 2.45) is 0 Å². The number of benzene rings is 1. The van der Waals surface area contributed by atoms with Crippen molar-refractivity contribution >= 4 is 28.8 Å². The zero-order chi connectivity index (χ0) is 20.9. The topological polar surface area (TPSA) is 87.4 Å². The Bertz CT molecular complexity index is 1010. The molecule has 2 aliphatic rings. The number of para-hydroxylation sites is 1. The van der Waals surface area contributed by atoms with Gasteiger partial charge in [0, 0.05) is 48.9 Å². The summed E-state index contributed by atoms with van der Waals surface area (Å²) in [7, 11) is 0. The van der Waals surface area contributed by atoms with Crippen LogP contribution in [0.4, 0.5) is 0 Å². The molecule has 7 heteroatoms. The van der Waals surface area contributed by atoms with E-state index in [1.807, 2.05) is 46.0 Å². The zero-order valence-electron chi connectivity index (χ0n) is 17.0. The highest BCUT2D eigenvalue weighted by Gasteiger charge is 2.20. The van der Waals surface area contributed by atoms with Gasteiger partial charge in [0.2, 0.25) is 5.91 Å². The van der Waals surface area contributed by atoms with Crippen LogP contribution in [0.1, 0.15) is 31.2 Å². The number of likely N-dealkylation sites (tertiary alicyclic amines) is 1. The second-order valence-electron chi connectivity index (χ2n) is 7.83. The summed E-state index contributed by atoms with van der Waals surface area (Å²) in [6, 6.07) is 9.74. The predicted molar refractivity (Wildman–Crippen MR) is 113 cm³/mol. The van der Waals surface area contributed by atoms with E-state index in [2.05, 4.69) is 5.32 Å². The van der Waals surface area contributed by atoms with Gasteiger partial charge in [0.05, 0.1) is 6.10 Å². The fraction of sp³-hybridized carbons (Fsp3) is 0.435. The summed E-state index contributed by atoms with van der Waals surface area (Å²) >= 11 is 0. The number of carbonyl (C=O) groups excluding carboxylic acids is 2. The van der Waals surface area contributed by atoms with Crippen LogP contribution in [0.2, 0.25) is 0 Å². The molecule has 30 heavy (non-hydrogen) atoms. The number of aromatic nitrogens is 1. The van der Waals surface area contributed by atoms with E-state index in [1.54, 1.807) is 6.08 Å². The van der Waals surface area contributed by atoms with Gasteiger partial charge in [0.15, 0.2) is 0 Å². The monoisotopic (exact) mass is 406 g/mol. The van der Waals surface area contributed by atoms with Gasteiger partial charge in [-0.25, -0.2) is 0 Å². The van der Waals surface area contributed by atoms with Crippen LogP contribution in [0.5, 0.6) is 0 Å². The first-order valence-corrected chi connectivity index (χ1v) is 10.5. The Labute approximate surface area is 175 Å². The molecule has 2 aromatic rings. The fourth-order valence-corrected chi connectivity index (χ4v) is 4.14.